The van der Waals surface area contributed by atoms with E-state index in [2.05, 4.69) is 39.4 Å². The van der Waals surface area contributed by atoms with Crippen molar-refractivity contribution in [2.45, 2.75) is 18.9 Å². The van der Waals surface area contributed by atoms with Gasteiger partial charge in [-0.1, -0.05) is 41.9 Å². The van der Waals surface area contributed by atoms with Crippen molar-refractivity contribution in [3.63, 3.8) is 0 Å². The van der Waals surface area contributed by atoms with Crippen LogP contribution in [0.3, 0.4) is 0 Å². The highest BCUT2D eigenvalue weighted by Crippen LogP contribution is 2.39. The molecule has 1 atom stereocenters. The fourth-order valence-corrected chi connectivity index (χ4v) is 5.94. The molecule has 3 heterocycles. The zero-order chi connectivity index (χ0) is 23.7. The number of H-pyrrole nitrogens is 1. The Balaban J connectivity index is 1.51. The van der Waals surface area contributed by atoms with E-state index in [1.165, 1.54) is 10.4 Å². The van der Waals surface area contributed by atoms with Gasteiger partial charge < -0.3 is 19.9 Å². The number of fused-ring (bicyclic) bond motifs is 2. The number of aromatic nitrogens is 2. The second-order valence-electron chi connectivity index (χ2n) is 8.64. The van der Waals surface area contributed by atoms with E-state index < -0.39 is 6.04 Å². The summed E-state index contributed by atoms with van der Waals surface area (Å²) in [5.74, 6) is 0.541. The number of nitrogens with zero attached hydrogens (tertiary/aromatic N) is 2. The Labute approximate surface area is 207 Å². The maximum absolute atomic E-state index is 13.7. The summed E-state index contributed by atoms with van der Waals surface area (Å²) < 4.78 is 5.44. The molecule has 1 unspecified atom stereocenters. The van der Waals surface area contributed by atoms with Gasteiger partial charge in [-0.2, -0.15) is 0 Å². The van der Waals surface area contributed by atoms with E-state index in [-0.39, 0.29) is 5.91 Å². The minimum atomic E-state index is -0.416. The molecule has 0 bridgehead atoms. The van der Waals surface area contributed by atoms with Crippen molar-refractivity contribution in [3.8, 4) is 11.1 Å². The fourth-order valence-electron chi connectivity index (χ4n) is 4.50. The van der Waals surface area contributed by atoms with Crippen LogP contribution in [0.4, 0.5) is 0 Å². The minimum absolute atomic E-state index is 0.106. The van der Waals surface area contributed by atoms with Crippen LogP contribution < -0.4 is 5.32 Å². The van der Waals surface area contributed by atoms with Gasteiger partial charge in [0, 0.05) is 35.7 Å². The van der Waals surface area contributed by atoms with Crippen LogP contribution in [0.5, 0.6) is 0 Å². The summed E-state index contributed by atoms with van der Waals surface area (Å²) in [6, 6.07) is 15.3. The number of likely N-dealkylation sites (N-methyl/N-ethyl adjacent to an activating group) is 1. The van der Waals surface area contributed by atoms with E-state index >= 15 is 0 Å². The van der Waals surface area contributed by atoms with E-state index in [9.17, 15) is 4.79 Å². The van der Waals surface area contributed by atoms with E-state index in [1.807, 2.05) is 30.3 Å². The molecule has 1 amide bonds. The molecular formula is C26H27ClN4O2S. The Bertz CT molecular complexity index is 1320. The standard InChI is InChI=1S/C26H27ClN4O2S/c1-31-12-10-18-22(11-13-31)34-24(23(18)16-6-4-3-5-7-16)26(32)30-21(15-33-2)25-28-19-9-8-17(27)14-20(19)29-25/h3-9,14,21H,10-13,15H2,1-2H3,(H,28,29)(H,30,32). The SMILES string of the molecule is COCC(NC(=O)c1sc2c(c1-c1ccccc1)CCN(C)CC2)c1nc2ccc(Cl)cc2[nH]1. The number of imidazole rings is 1. The molecule has 5 rings (SSSR count). The quantitative estimate of drug-likeness (QED) is 0.391. The van der Waals surface area contributed by atoms with Crippen molar-refractivity contribution < 1.29 is 9.53 Å². The maximum Gasteiger partial charge on any atom is 0.262 e. The van der Waals surface area contributed by atoms with Gasteiger partial charge in [0.1, 0.15) is 16.7 Å². The van der Waals surface area contributed by atoms with E-state index in [1.54, 1.807) is 24.5 Å². The molecule has 2 N–H and O–H groups in total. The molecule has 1 aliphatic rings. The molecular weight excluding hydrogens is 468 g/mol. The van der Waals surface area contributed by atoms with E-state index in [0.29, 0.717) is 17.5 Å². The van der Waals surface area contributed by atoms with Gasteiger partial charge >= 0.3 is 0 Å². The number of methoxy groups -OCH3 is 1. The van der Waals surface area contributed by atoms with E-state index in [4.69, 9.17) is 16.3 Å². The molecule has 176 valence electrons. The molecule has 0 radical (unpaired) electrons. The lowest BCUT2D eigenvalue weighted by Crippen LogP contribution is -2.32. The highest BCUT2D eigenvalue weighted by Gasteiger charge is 2.28. The monoisotopic (exact) mass is 494 g/mol. The molecule has 0 fully saturated rings. The molecule has 0 saturated heterocycles. The van der Waals surface area contributed by atoms with Crippen molar-refractivity contribution in [1.29, 1.82) is 0 Å². The molecule has 0 spiro atoms. The van der Waals surface area contributed by atoms with Crippen LogP contribution in [0.15, 0.2) is 48.5 Å². The summed E-state index contributed by atoms with van der Waals surface area (Å²) in [5, 5.41) is 3.81. The lowest BCUT2D eigenvalue weighted by atomic mass is 9.97. The molecule has 8 heteroatoms. The molecule has 1 aliphatic heterocycles. The average Bonchev–Trinajstić information content (AvgIpc) is 3.37. The lowest BCUT2D eigenvalue weighted by molar-refractivity contribution is 0.0897. The first-order chi connectivity index (χ1) is 16.5. The third-order valence-electron chi connectivity index (χ3n) is 6.25. The fraction of sp³-hybridized carbons (Fsp3) is 0.308. The van der Waals surface area contributed by atoms with Gasteiger partial charge in [0.25, 0.3) is 5.91 Å². The van der Waals surface area contributed by atoms with Crippen LogP contribution in [0.2, 0.25) is 5.02 Å². The highest BCUT2D eigenvalue weighted by molar-refractivity contribution is 7.14. The maximum atomic E-state index is 13.7. The number of halogens is 1. The summed E-state index contributed by atoms with van der Waals surface area (Å²) in [7, 11) is 3.78. The van der Waals surface area contributed by atoms with Crippen LogP contribution in [0, 0.1) is 0 Å². The molecule has 0 saturated carbocycles. The van der Waals surface area contributed by atoms with Crippen LogP contribution in [-0.2, 0) is 17.6 Å². The number of carbonyl (C=O) groups is 1. The highest BCUT2D eigenvalue weighted by atomic mass is 35.5. The van der Waals surface area contributed by atoms with Crippen molar-refractivity contribution in [2.24, 2.45) is 0 Å². The summed E-state index contributed by atoms with van der Waals surface area (Å²) in [5.41, 5.74) is 5.06. The topological polar surface area (TPSA) is 70.2 Å². The zero-order valence-corrected chi connectivity index (χ0v) is 20.8. The second kappa shape index (κ2) is 9.88. The van der Waals surface area contributed by atoms with Gasteiger partial charge in [0.05, 0.1) is 17.6 Å². The lowest BCUT2D eigenvalue weighted by Gasteiger charge is -2.17. The molecule has 6 nitrogen and oxygen atoms in total. The van der Waals surface area contributed by atoms with Crippen LogP contribution in [0.25, 0.3) is 22.2 Å². The number of hydrogen-bond donors (Lipinski definition) is 2. The third-order valence-corrected chi connectivity index (χ3v) is 7.78. The average molecular weight is 495 g/mol. The number of hydrogen-bond acceptors (Lipinski definition) is 5. The van der Waals surface area contributed by atoms with Crippen molar-refractivity contribution in [1.82, 2.24) is 20.2 Å². The zero-order valence-electron chi connectivity index (χ0n) is 19.2. The van der Waals surface area contributed by atoms with Crippen LogP contribution >= 0.6 is 22.9 Å². The Morgan fingerprint density at radius 3 is 2.82 bits per heavy atom. The Morgan fingerprint density at radius 2 is 2.03 bits per heavy atom. The molecule has 0 aliphatic carbocycles. The summed E-state index contributed by atoms with van der Waals surface area (Å²) >= 11 is 7.75. The van der Waals surface area contributed by atoms with Crippen LogP contribution in [-0.4, -0.2) is 54.6 Å². The van der Waals surface area contributed by atoms with Gasteiger partial charge in [-0.25, -0.2) is 4.98 Å². The number of amides is 1. The van der Waals surface area contributed by atoms with Crippen molar-refractivity contribution >= 4 is 39.9 Å². The van der Waals surface area contributed by atoms with Gasteiger partial charge in [0.2, 0.25) is 0 Å². The molecule has 2 aromatic heterocycles. The number of ether oxygens (including phenoxy) is 1. The predicted molar refractivity (Wildman–Crippen MR) is 138 cm³/mol. The smallest absolute Gasteiger partial charge is 0.262 e. The third kappa shape index (κ3) is 4.61. The normalized spacial score (nSPS) is 15.1. The van der Waals surface area contributed by atoms with Crippen molar-refractivity contribution in [2.75, 3.05) is 33.9 Å². The van der Waals surface area contributed by atoms with Gasteiger partial charge in [-0.3, -0.25) is 4.79 Å². The number of carbonyl (C=O) groups excluding carboxylic acids is 1. The summed E-state index contributed by atoms with van der Waals surface area (Å²) in [6.45, 7) is 2.28. The Morgan fingerprint density at radius 1 is 1.24 bits per heavy atom. The first kappa shape index (κ1) is 23.1. The van der Waals surface area contributed by atoms with Crippen molar-refractivity contribution in [3.05, 3.63) is 74.7 Å². The van der Waals surface area contributed by atoms with E-state index in [0.717, 1.165) is 53.0 Å². The number of thiophene rings is 1. The predicted octanol–water partition coefficient (Wildman–Crippen LogP) is 5.09. The molecule has 34 heavy (non-hydrogen) atoms. The minimum Gasteiger partial charge on any atom is -0.382 e. The first-order valence-electron chi connectivity index (χ1n) is 11.4. The van der Waals surface area contributed by atoms with Gasteiger partial charge in [0.15, 0.2) is 0 Å². The summed E-state index contributed by atoms with van der Waals surface area (Å²) in [6.07, 6.45) is 1.89. The number of benzene rings is 2. The number of nitrogens with one attached hydrogen (secondary N) is 2. The summed E-state index contributed by atoms with van der Waals surface area (Å²) in [4.78, 5) is 26.1. The first-order valence-corrected chi connectivity index (χ1v) is 12.6. The Kier molecular flexibility index (Phi) is 6.70. The largest absolute Gasteiger partial charge is 0.382 e. The van der Waals surface area contributed by atoms with Gasteiger partial charge in [-0.15, -0.1) is 11.3 Å². The van der Waals surface area contributed by atoms with Gasteiger partial charge in [-0.05, 0) is 49.2 Å². The van der Waals surface area contributed by atoms with Crippen LogP contribution in [0.1, 0.15) is 32.0 Å². The molecule has 4 aromatic rings. The Hall–Kier alpha value is -2.71. The second-order valence-corrected chi connectivity index (χ2v) is 10.2. The number of aromatic amines is 1. The number of rotatable bonds is 6. The molecule has 2 aromatic carbocycles.